The van der Waals surface area contributed by atoms with Crippen LogP contribution in [0, 0.1) is 5.92 Å². The van der Waals surface area contributed by atoms with Gasteiger partial charge < -0.3 is 35.6 Å². The van der Waals surface area contributed by atoms with Crippen molar-refractivity contribution in [1.82, 2.24) is 15.2 Å². The van der Waals surface area contributed by atoms with E-state index in [4.69, 9.17) is 37.0 Å². The van der Waals surface area contributed by atoms with Gasteiger partial charge >= 0.3 is 0 Å². The summed E-state index contributed by atoms with van der Waals surface area (Å²) < 4.78 is 17.6. The highest BCUT2D eigenvalue weighted by molar-refractivity contribution is 6.30. The number of fused-ring (bicyclic) bond motifs is 1. The van der Waals surface area contributed by atoms with E-state index in [1.807, 2.05) is 49.4 Å². The fraction of sp³-hybridized carbons (Fsp3) is 0.293. The van der Waals surface area contributed by atoms with Crippen LogP contribution in [-0.4, -0.2) is 65.3 Å². The molecule has 2 amide bonds. The standard InChI is InChI=1S/C41H43ClN6O6/c1-25(12-13-26-8-4-3-5-9-26)40(51)48-23-30(53-24-27-14-17-29(42)18-15-27)22-34(48)38(50)45-33(37(49)39-46-31-10-6-7-11-35(31)54-39)20-28-16-19-32(47-41(43)44)36(21-28)52-2/h3-11,14-19,21,25,30,33-34H,12-13,20,22-24H2,1-2H3,(H,45,50)(H4,43,44,47)/t25-,30-,33?,34+/m1/s1. The van der Waals surface area contributed by atoms with Crippen molar-refractivity contribution in [2.75, 3.05) is 13.7 Å². The number of carbonyl (C=O) groups excluding carboxylic acids is 3. The predicted molar refractivity (Wildman–Crippen MR) is 207 cm³/mol. The van der Waals surface area contributed by atoms with Crippen LogP contribution in [0.2, 0.25) is 5.02 Å². The van der Waals surface area contributed by atoms with Crippen molar-refractivity contribution in [2.45, 2.75) is 57.4 Å². The zero-order chi connectivity index (χ0) is 38.2. The molecule has 1 fully saturated rings. The number of likely N-dealkylation sites (tertiary alicyclic amines) is 1. The first-order valence-electron chi connectivity index (χ1n) is 17.7. The average molecular weight is 751 g/mol. The minimum absolute atomic E-state index is 0.0480. The Morgan fingerprint density at radius 1 is 0.981 bits per heavy atom. The summed E-state index contributed by atoms with van der Waals surface area (Å²) in [5.41, 5.74) is 15.2. The number of aryl methyl sites for hydroxylation is 1. The van der Waals surface area contributed by atoms with Crippen molar-refractivity contribution < 1.29 is 28.3 Å². The van der Waals surface area contributed by atoms with Gasteiger partial charge in [0.05, 0.1) is 19.8 Å². The van der Waals surface area contributed by atoms with Crippen LogP contribution in [0.3, 0.4) is 0 Å². The largest absolute Gasteiger partial charge is 0.494 e. The Morgan fingerprint density at radius 3 is 2.43 bits per heavy atom. The first-order valence-corrected chi connectivity index (χ1v) is 18.1. The lowest BCUT2D eigenvalue weighted by molar-refractivity contribution is -0.141. The van der Waals surface area contributed by atoms with Gasteiger partial charge in [-0.25, -0.2) is 9.98 Å². The molecule has 5 aromatic rings. The van der Waals surface area contributed by atoms with E-state index >= 15 is 0 Å². The van der Waals surface area contributed by atoms with Gasteiger partial charge in [-0.15, -0.1) is 0 Å². The number of rotatable bonds is 15. The molecule has 6 rings (SSSR count). The number of nitrogens with one attached hydrogen (secondary N) is 1. The van der Waals surface area contributed by atoms with Crippen molar-refractivity contribution in [2.24, 2.45) is 22.4 Å². The zero-order valence-electron chi connectivity index (χ0n) is 30.1. The van der Waals surface area contributed by atoms with Crippen LogP contribution in [0.1, 0.15) is 47.1 Å². The zero-order valence-corrected chi connectivity index (χ0v) is 30.9. The minimum Gasteiger partial charge on any atom is -0.494 e. The van der Waals surface area contributed by atoms with Crippen LogP contribution in [0.4, 0.5) is 5.69 Å². The van der Waals surface area contributed by atoms with Crippen molar-refractivity contribution in [1.29, 1.82) is 0 Å². The number of nitrogens with zero attached hydrogens (tertiary/aromatic N) is 3. The summed E-state index contributed by atoms with van der Waals surface area (Å²) >= 11 is 6.07. The lowest BCUT2D eigenvalue weighted by atomic mass is 9.99. The minimum atomic E-state index is -1.12. The monoisotopic (exact) mass is 750 g/mol. The second-order valence-electron chi connectivity index (χ2n) is 13.4. The number of oxazole rings is 1. The van der Waals surface area contributed by atoms with Crippen LogP contribution in [0.25, 0.3) is 11.1 Å². The van der Waals surface area contributed by atoms with Gasteiger partial charge in [0.25, 0.3) is 5.89 Å². The fourth-order valence-electron chi connectivity index (χ4n) is 6.56. The maximum absolute atomic E-state index is 14.4. The normalized spacial score (nSPS) is 16.5. The maximum atomic E-state index is 14.4. The number of ether oxygens (including phenoxy) is 2. The number of benzene rings is 4. The highest BCUT2D eigenvalue weighted by Gasteiger charge is 2.42. The molecule has 0 spiro atoms. The van der Waals surface area contributed by atoms with Crippen molar-refractivity contribution >= 4 is 51.9 Å². The first kappa shape index (κ1) is 38.0. The molecule has 54 heavy (non-hydrogen) atoms. The average Bonchev–Trinajstić information content (AvgIpc) is 3.82. The Labute approximate surface area is 318 Å². The number of carbonyl (C=O) groups is 3. The highest BCUT2D eigenvalue weighted by atomic mass is 35.5. The van der Waals surface area contributed by atoms with Gasteiger partial charge in [-0.2, -0.15) is 0 Å². The summed E-state index contributed by atoms with van der Waals surface area (Å²) in [5.74, 6) is -1.47. The molecule has 1 aliphatic rings. The summed E-state index contributed by atoms with van der Waals surface area (Å²) in [7, 11) is 1.48. The third-order valence-electron chi connectivity index (χ3n) is 9.45. The highest BCUT2D eigenvalue weighted by Crippen LogP contribution is 2.30. The molecule has 0 aliphatic carbocycles. The lowest BCUT2D eigenvalue weighted by Gasteiger charge is -2.28. The van der Waals surface area contributed by atoms with E-state index in [1.54, 1.807) is 59.5 Å². The Hall–Kier alpha value is -5.72. The van der Waals surface area contributed by atoms with E-state index in [-0.39, 0.29) is 49.7 Å². The van der Waals surface area contributed by atoms with E-state index in [0.717, 1.165) is 11.1 Å². The molecule has 2 heterocycles. The number of guanidine groups is 1. The third kappa shape index (κ3) is 9.44. The van der Waals surface area contributed by atoms with Gasteiger partial charge in [-0.3, -0.25) is 14.4 Å². The number of aliphatic imine (C=N–C) groups is 1. The number of halogens is 1. The van der Waals surface area contributed by atoms with Gasteiger partial charge in [-0.05, 0) is 65.9 Å². The molecule has 13 heteroatoms. The Kier molecular flexibility index (Phi) is 12.3. The number of amides is 2. The smallest absolute Gasteiger partial charge is 0.266 e. The number of methoxy groups -OCH3 is 1. The molecule has 1 unspecified atom stereocenters. The number of para-hydroxylation sites is 2. The second kappa shape index (κ2) is 17.4. The van der Waals surface area contributed by atoms with Crippen LogP contribution in [-0.2, 0) is 33.8 Å². The van der Waals surface area contributed by atoms with Crippen LogP contribution >= 0.6 is 11.6 Å². The van der Waals surface area contributed by atoms with Crippen LogP contribution < -0.4 is 21.5 Å². The molecule has 4 aromatic carbocycles. The molecule has 1 saturated heterocycles. The predicted octanol–water partition coefficient (Wildman–Crippen LogP) is 5.76. The van der Waals surface area contributed by atoms with Gasteiger partial charge in [0.2, 0.25) is 17.6 Å². The van der Waals surface area contributed by atoms with Gasteiger partial charge in [-0.1, -0.05) is 79.2 Å². The molecule has 280 valence electrons. The molecule has 5 N–H and O–H groups in total. The summed E-state index contributed by atoms with van der Waals surface area (Å²) in [6, 6.07) is 27.4. The maximum Gasteiger partial charge on any atom is 0.266 e. The number of aromatic nitrogens is 1. The fourth-order valence-corrected chi connectivity index (χ4v) is 6.69. The molecule has 0 radical (unpaired) electrons. The summed E-state index contributed by atoms with van der Waals surface area (Å²) in [6.07, 6.45) is 1.16. The SMILES string of the molecule is COc1cc(CC(NC(=O)[C@@H]2C[C@@H](OCc3ccc(Cl)cc3)CN2C(=O)[C@H](C)CCc2ccccc2)C(=O)c2nc3ccccc3o2)ccc1N=C(N)N. The molecule has 1 aliphatic heterocycles. The molecule has 4 atom stereocenters. The van der Waals surface area contributed by atoms with Gasteiger partial charge in [0.15, 0.2) is 11.5 Å². The van der Waals surface area contributed by atoms with E-state index in [1.165, 1.54) is 7.11 Å². The van der Waals surface area contributed by atoms with Gasteiger partial charge in [0.1, 0.15) is 29.0 Å². The number of Topliss-reactive ketones (excluding diaryl/α,β-unsaturated/α-hetero) is 1. The molecule has 1 aromatic heterocycles. The van der Waals surface area contributed by atoms with Crippen molar-refractivity contribution in [3.05, 3.63) is 125 Å². The van der Waals surface area contributed by atoms with Gasteiger partial charge in [0, 0.05) is 30.3 Å². The molecule has 0 bridgehead atoms. The van der Waals surface area contributed by atoms with Crippen molar-refractivity contribution in [3.63, 3.8) is 0 Å². The molecule has 12 nitrogen and oxygen atoms in total. The Balaban J connectivity index is 1.26. The number of ketones is 1. The Morgan fingerprint density at radius 2 is 1.70 bits per heavy atom. The Bertz CT molecular complexity index is 2080. The number of hydrogen-bond donors (Lipinski definition) is 3. The quantitative estimate of drug-likeness (QED) is 0.0683. The van der Waals surface area contributed by atoms with Crippen LogP contribution in [0.15, 0.2) is 106 Å². The second-order valence-corrected chi connectivity index (χ2v) is 13.8. The molecular weight excluding hydrogens is 708 g/mol. The van der Waals surface area contributed by atoms with Crippen molar-refractivity contribution in [3.8, 4) is 5.75 Å². The van der Waals surface area contributed by atoms with E-state index in [0.29, 0.717) is 46.0 Å². The summed E-state index contributed by atoms with van der Waals surface area (Å²) in [5, 5.41) is 3.57. The van der Waals surface area contributed by atoms with E-state index in [2.05, 4.69) is 15.3 Å². The first-order chi connectivity index (χ1) is 26.1. The van der Waals surface area contributed by atoms with E-state index < -0.39 is 29.9 Å². The number of hydrogen-bond acceptors (Lipinski definition) is 8. The summed E-state index contributed by atoms with van der Waals surface area (Å²) in [6.45, 7) is 2.37. The molecular formula is C41H43ClN6O6. The van der Waals surface area contributed by atoms with E-state index in [9.17, 15) is 14.4 Å². The number of nitrogens with two attached hydrogens (primary N) is 2. The topological polar surface area (TPSA) is 175 Å². The molecule has 0 saturated carbocycles. The lowest BCUT2D eigenvalue weighted by Crippen LogP contribution is -2.52. The summed E-state index contributed by atoms with van der Waals surface area (Å²) in [4.78, 5) is 52.7. The third-order valence-corrected chi connectivity index (χ3v) is 9.70. The van der Waals surface area contributed by atoms with Crippen LogP contribution in [0.5, 0.6) is 5.75 Å².